The first-order valence-electron chi connectivity index (χ1n) is 14.0. The molecule has 4 aromatic carbocycles. The number of hydrogen-bond acceptors (Lipinski definition) is 5. The van der Waals surface area contributed by atoms with Crippen LogP contribution in [0.25, 0.3) is 17.2 Å². The predicted octanol–water partition coefficient (Wildman–Crippen LogP) is 6.45. The van der Waals surface area contributed by atoms with E-state index in [9.17, 15) is 19.2 Å². The van der Waals surface area contributed by atoms with Crippen LogP contribution in [0.3, 0.4) is 0 Å². The number of nitrogens with zero attached hydrogens (tertiary/aromatic N) is 2. The van der Waals surface area contributed by atoms with Crippen LogP contribution in [0, 0.1) is 0 Å². The molecular weight excluding hydrogens is 526 g/mol. The Labute approximate surface area is 243 Å². The summed E-state index contributed by atoms with van der Waals surface area (Å²) in [7, 11) is 0. The number of rotatable bonds is 6. The lowest BCUT2D eigenvalue weighted by molar-refractivity contribution is -0.122. The minimum absolute atomic E-state index is 0.107. The predicted molar refractivity (Wildman–Crippen MR) is 163 cm³/mol. The van der Waals surface area contributed by atoms with Crippen molar-refractivity contribution in [3.05, 3.63) is 119 Å². The van der Waals surface area contributed by atoms with Crippen LogP contribution in [0.5, 0.6) is 0 Å². The number of β-lactam (4-membered cyclic amide) rings is 1. The number of benzene rings is 4. The number of carbonyl (C=O) groups is 4. The van der Waals surface area contributed by atoms with Crippen molar-refractivity contribution >= 4 is 46.6 Å². The van der Waals surface area contributed by atoms with Gasteiger partial charge in [-0.25, -0.2) is 4.90 Å². The van der Waals surface area contributed by atoms with Gasteiger partial charge < -0.3 is 10.2 Å². The van der Waals surface area contributed by atoms with Gasteiger partial charge in [-0.2, -0.15) is 0 Å². The molecule has 7 rings (SSSR count). The van der Waals surface area contributed by atoms with Crippen LogP contribution in [-0.4, -0.2) is 30.0 Å². The largest absolute Gasteiger partial charge is 0.380 e. The molecule has 3 aliphatic heterocycles. The van der Waals surface area contributed by atoms with Crippen LogP contribution in [0.4, 0.5) is 17.1 Å². The summed E-state index contributed by atoms with van der Waals surface area (Å²) >= 11 is 0. The highest BCUT2D eigenvalue weighted by molar-refractivity contribution is 6.36. The molecule has 0 unspecified atom stereocenters. The Balaban J connectivity index is 1.43. The lowest BCUT2D eigenvalue weighted by Gasteiger charge is -2.36. The molecule has 0 aliphatic carbocycles. The van der Waals surface area contributed by atoms with Crippen LogP contribution < -0.4 is 15.1 Å². The molecule has 0 spiro atoms. The Morgan fingerprint density at radius 3 is 2.21 bits per heavy atom. The monoisotopic (exact) mass is 553 g/mol. The Kier molecular flexibility index (Phi) is 5.90. The third kappa shape index (κ3) is 3.66. The number of fused-ring (bicyclic) bond motifs is 4. The van der Waals surface area contributed by atoms with Gasteiger partial charge in [0.25, 0.3) is 11.8 Å². The van der Waals surface area contributed by atoms with Crippen molar-refractivity contribution in [2.75, 3.05) is 21.7 Å². The summed E-state index contributed by atoms with van der Waals surface area (Å²) in [6.07, 6.45) is 2.00. The van der Waals surface area contributed by atoms with Gasteiger partial charge in [-0.1, -0.05) is 74.2 Å². The molecule has 3 aliphatic rings. The first-order valence-corrected chi connectivity index (χ1v) is 14.0. The van der Waals surface area contributed by atoms with Crippen molar-refractivity contribution < 1.29 is 19.2 Å². The van der Waals surface area contributed by atoms with E-state index >= 15 is 0 Å². The first kappa shape index (κ1) is 25.7. The fourth-order valence-electron chi connectivity index (χ4n) is 6.33. The summed E-state index contributed by atoms with van der Waals surface area (Å²) in [5.41, 5.74) is 6.69. The molecule has 0 bridgehead atoms. The van der Waals surface area contributed by atoms with Gasteiger partial charge in [0.15, 0.2) is 5.78 Å². The number of carbonyl (C=O) groups excluding carboxylic acids is 4. The van der Waals surface area contributed by atoms with Crippen molar-refractivity contribution in [3.8, 4) is 11.1 Å². The maximum Gasteiger partial charge on any atom is 0.266 e. The second-order valence-electron chi connectivity index (χ2n) is 10.8. The first-order chi connectivity index (χ1) is 20.4. The standard InChI is InChI=1S/C35H27N3O4/c1-3-21-15-16-28(37-18-17-29(37)39)32(38-34(41)24-11-6-7-12-25(24)35(38)42)30(21)20(2)33(40)26-13-8-14-27-31(26)23-10-5-4-9-22(23)19-36-27/h3-16,20,36H,1,17-19H2,2H3/t20-/m0/s1. The van der Waals surface area contributed by atoms with Crippen LogP contribution in [0.15, 0.2) is 85.4 Å². The number of hydrogen-bond donors (Lipinski definition) is 1. The second-order valence-corrected chi connectivity index (χ2v) is 10.8. The quantitative estimate of drug-likeness (QED) is 0.169. The van der Waals surface area contributed by atoms with Gasteiger partial charge in [0.1, 0.15) is 0 Å². The van der Waals surface area contributed by atoms with Crippen LogP contribution >= 0.6 is 0 Å². The summed E-state index contributed by atoms with van der Waals surface area (Å²) in [6.45, 7) is 6.89. The van der Waals surface area contributed by atoms with Crippen molar-refractivity contribution in [2.45, 2.75) is 25.8 Å². The molecule has 1 atom stereocenters. The zero-order valence-electron chi connectivity index (χ0n) is 23.0. The van der Waals surface area contributed by atoms with Crippen LogP contribution in [0.2, 0.25) is 0 Å². The van der Waals surface area contributed by atoms with Crippen LogP contribution in [-0.2, 0) is 11.3 Å². The average molecular weight is 554 g/mol. The normalized spacial score (nSPS) is 15.8. The lowest BCUT2D eigenvalue weighted by Crippen LogP contribution is -2.45. The van der Waals surface area contributed by atoms with E-state index in [2.05, 4.69) is 11.9 Å². The van der Waals surface area contributed by atoms with E-state index in [4.69, 9.17) is 0 Å². The SMILES string of the molecule is C=Cc1ccc(N2CCC2=O)c(N2C(=O)c3ccccc3C2=O)c1[C@H](C)C(=O)c1cccc2c1-c1ccccc1CN2. The van der Waals surface area contributed by atoms with Crippen molar-refractivity contribution in [2.24, 2.45) is 0 Å². The Hall–Kier alpha value is -5.30. The molecule has 1 saturated heterocycles. The molecule has 42 heavy (non-hydrogen) atoms. The highest BCUT2D eigenvalue weighted by Gasteiger charge is 2.42. The maximum absolute atomic E-state index is 14.5. The van der Waals surface area contributed by atoms with Gasteiger partial charge in [0.2, 0.25) is 5.91 Å². The van der Waals surface area contributed by atoms with E-state index < -0.39 is 17.7 Å². The van der Waals surface area contributed by atoms with E-state index in [-0.39, 0.29) is 28.5 Å². The topological polar surface area (TPSA) is 86.8 Å². The third-order valence-electron chi connectivity index (χ3n) is 8.52. The summed E-state index contributed by atoms with van der Waals surface area (Å²) in [5.74, 6) is -2.03. The zero-order chi connectivity index (χ0) is 29.1. The molecule has 4 aromatic rings. The minimum atomic E-state index is -0.783. The van der Waals surface area contributed by atoms with Gasteiger partial charge in [-0.15, -0.1) is 0 Å². The molecule has 3 amide bonds. The number of Topliss-reactive ketones (excluding diaryl/α,β-unsaturated/α-hetero) is 1. The average Bonchev–Trinajstić information content (AvgIpc) is 3.27. The smallest absolute Gasteiger partial charge is 0.266 e. The summed E-state index contributed by atoms with van der Waals surface area (Å²) < 4.78 is 0. The van der Waals surface area contributed by atoms with Gasteiger partial charge in [0, 0.05) is 42.2 Å². The lowest BCUT2D eigenvalue weighted by atomic mass is 9.82. The van der Waals surface area contributed by atoms with Crippen molar-refractivity contribution in [1.82, 2.24) is 0 Å². The summed E-state index contributed by atoms with van der Waals surface area (Å²) in [4.78, 5) is 57.5. The van der Waals surface area contributed by atoms with Crippen LogP contribution in [0.1, 0.15) is 67.0 Å². The minimum Gasteiger partial charge on any atom is -0.380 e. The van der Waals surface area contributed by atoms with E-state index in [0.29, 0.717) is 41.9 Å². The molecule has 1 N–H and O–H groups in total. The number of imide groups is 1. The number of nitrogens with one attached hydrogen (secondary N) is 1. The molecule has 1 fully saturated rings. The Bertz CT molecular complexity index is 1840. The van der Waals surface area contributed by atoms with Crippen molar-refractivity contribution in [3.63, 3.8) is 0 Å². The Morgan fingerprint density at radius 2 is 1.57 bits per heavy atom. The number of anilines is 3. The van der Waals surface area contributed by atoms with Gasteiger partial charge in [-0.05, 0) is 46.5 Å². The van der Waals surface area contributed by atoms with E-state index in [0.717, 1.165) is 27.3 Å². The van der Waals surface area contributed by atoms with Crippen molar-refractivity contribution in [1.29, 1.82) is 0 Å². The highest BCUT2D eigenvalue weighted by Crippen LogP contribution is 2.46. The molecule has 206 valence electrons. The highest BCUT2D eigenvalue weighted by atomic mass is 16.2. The summed E-state index contributed by atoms with van der Waals surface area (Å²) in [6, 6.07) is 23.8. The van der Waals surface area contributed by atoms with Gasteiger partial charge in [0.05, 0.1) is 22.5 Å². The number of ketones is 1. The molecule has 7 heteroatoms. The molecule has 7 nitrogen and oxygen atoms in total. The Morgan fingerprint density at radius 1 is 0.881 bits per heavy atom. The molecular formula is C35H27N3O4. The fourth-order valence-corrected chi connectivity index (χ4v) is 6.33. The van der Waals surface area contributed by atoms with Gasteiger partial charge >= 0.3 is 0 Å². The zero-order valence-corrected chi connectivity index (χ0v) is 23.0. The molecule has 0 saturated carbocycles. The third-order valence-corrected chi connectivity index (χ3v) is 8.52. The van der Waals surface area contributed by atoms with Gasteiger partial charge in [-0.3, -0.25) is 19.2 Å². The molecule has 3 heterocycles. The van der Waals surface area contributed by atoms with E-state index in [1.807, 2.05) is 42.5 Å². The maximum atomic E-state index is 14.5. The second kappa shape index (κ2) is 9.66. The fraction of sp³-hybridized carbons (Fsp3) is 0.143. The number of amides is 3. The van der Waals surface area contributed by atoms with E-state index in [1.54, 1.807) is 54.3 Å². The molecule has 0 radical (unpaired) electrons. The summed E-state index contributed by atoms with van der Waals surface area (Å²) in [5, 5.41) is 3.43. The van der Waals surface area contributed by atoms with E-state index in [1.165, 1.54) is 0 Å². The molecule has 0 aromatic heterocycles.